The molecule has 0 aromatic rings. The Labute approximate surface area is 65.2 Å². The van der Waals surface area contributed by atoms with Crippen LogP contribution in [0, 0.1) is 0 Å². The number of ketones is 1. The molecular formula is C6H10O3S. The molecule has 0 heterocycles. The van der Waals surface area contributed by atoms with Crippen molar-refractivity contribution in [2.75, 3.05) is 6.61 Å². The minimum atomic E-state index is -0.306. The number of carbonyl (C=O) groups excluding carboxylic acids is 2. The van der Waals surface area contributed by atoms with Crippen LogP contribution in [0.1, 0.15) is 13.3 Å². The summed E-state index contributed by atoms with van der Waals surface area (Å²) in [6, 6.07) is 0. The average molecular weight is 162 g/mol. The fraction of sp³-hybridized carbons (Fsp3) is 0.667. The van der Waals surface area contributed by atoms with Crippen molar-refractivity contribution >= 4 is 24.9 Å². The van der Waals surface area contributed by atoms with Crippen molar-refractivity contribution in [1.82, 2.24) is 0 Å². The molecule has 0 amide bonds. The smallest absolute Gasteiger partial charge is 0.293 e. The van der Waals surface area contributed by atoms with E-state index in [0.29, 0.717) is 12.9 Å². The van der Waals surface area contributed by atoms with Gasteiger partial charge in [-0.25, -0.2) is 0 Å². The van der Waals surface area contributed by atoms with Crippen molar-refractivity contribution in [3.8, 4) is 0 Å². The van der Waals surface area contributed by atoms with E-state index in [0.717, 1.165) is 0 Å². The summed E-state index contributed by atoms with van der Waals surface area (Å²) in [6.45, 7) is 2.08. The Morgan fingerprint density at radius 1 is 1.80 bits per heavy atom. The average Bonchev–Trinajstić information content (AvgIpc) is 1.88. The fourth-order valence-electron chi connectivity index (χ4n) is 0.431. The second-order valence-electron chi connectivity index (χ2n) is 1.88. The Balaban J connectivity index is 3.30. The zero-order valence-electron chi connectivity index (χ0n) is 5.74. The molecule has 0 radical (unpaired) electrons. The summed E-state index contributed by atoms with van der Waals surface area (Å²) in [4.78, 5) is 20.1. The fourth-order valence-corrected chi connectivity index (χ4v) is 0.536. The van der Waals surface area contributed by atoms with Crippen molar-refractivity contribution in [2.24, 2.45) is 0 Å². The molecule has 0 saturated heterocycles. The number of hydrogen-bond donors (Lipinski definition) is 1. The van der Waals surface area contributed by atoms with Gasteiger partial charge in [-0.05, 0) is 6.92 Å². The van der Waals surface area contributed by atoms with Crippen LogP contribution in [-0.2, 0) is 14.3 Å². The molecule has 0 aliphatic heterocycles. The molecular weight excluding hydrogens is 152 g/mol. The topological polar surface area (TPSA) is 43.4 Å². The normalized spacial score (nSPS) is 12.2. The zero-order valence-corrected chi connectivity index (χ0v) is 6.64. The van der Waals surface area contributed by atoms with Crippen LogP contribution < -0.4 is 0 Å². The Morgan fingerprint density at radius 2 is 2.40 bits per heavy atom. The van der Waals surface area contributed by atoms with E-state index in [-0.39, 0.29) is 17.6 Å². The van der Waals surface area contributed by atoms with Gasteiger partial charge in [0.05, 0.1) is 11.9 Å². The Bertz CT molecular complexity index is 124. The first-order valence-electron chi connectivity index (χ1n) is 2.92. The van der Waals surface area contributed by atoms with Crippen molar-refractivity contribution in [1.29, 1.82) is 0 Å². The molecule has 58 valence electrons. The summed E-state index contributed by atoms with van der Waals surface area (Å²) in [5, 5.41) is -0.306. The van der Waals surface area contributed by atoms with Crippen LogP contribution in [0.2, 0.25) is 0 Å². The monoisotopic (exact) mass is 162 g/mol. The van der Waals surface area contributed by atoms with Crippen LogP contribution in [0.5, 0.6) is 0 Å². The Morgan fingerprint density at radius 3 is 2.80 bits per heavy atom. The molecule has 0 N–H and O–H groups in total. The van der Waals surface area contributed by atoms with Crippen molar-refractivity contribution < 1.29 is 14.3 Å². The predicted octanol–water partition coefficient (Wildman–Crippen LogP) is 0.437. The molecule has 10 heavy (non-hydrogen) atoms. The number of Topliss-reactive ketones (excluding diaryl/α,β-unsaturated/α-hetero) is 1. The number of rotatable bonds is 5. The highest BCUT2D eigenvalue weighted by Crippen LogP contribution is 2.01. The molecule has 0 aromatic carbocycles. The highest BCUT2D eigenvalue weighted by molar-refractivity contribution is 7.81. The molecule has 0 aromatic heterocycles. The number of carbonyl (C=O) groups is 2. The van der Waals surface area contributed by atoms with Gasteiger partial charge in [-0.2, -0.15) is 12.6 Å². The third-order valence-corrected chi connectivity index (χ3v) is 1.67. The predicted molar refractivity (Wildman–Crippen MR) is 40.1 cm³/mol. The van der Waals surface area contributed by atoms with Gasteiger partial charge in [0.2, 0.25) is 0 Å². The van der Waals surface area contributed by atoms with Gasteiger partial charge in [-0.15, -0.1) is 0 Å². The second-order valence-corrected chi connectivity index (χ2v) is 2.51. The maximum absolute atomic E-state index is 10.5. The highest BCUT2D eigenvalue weighted by Gasteiger charge is 2.07. The zero-order chi connectivity index (χ0) is 7.98. The maximum atomic E-state index is 10.5. The number of hydrogen-bond acceptors (Lipinski definition) is 4. The summed E-state index contributed by atoms with van der Waals surface area (Å²) in [7, 11) is 0. The third-order valence-electron chi connectivity index (χ3n) is 1.05. The molecule has 0 aliphatic rings. The van der Waals surface area contributed by atoms with E-state index in [9.17, 15) is 9.59 Å². The quantitative estimate of drug-likeness (QED) is 0.362. The van der Waals surface area contributed by atoms with Crippen molar-refractivity contribution in [3.05, 3.63) is 0 Å². The van der Waals surface area contributed by atoms with Crippen LogP contribution >= 0.6 is 12.6 Å². The van der Waals surface area contributed by atoms with E-state index >= 15 is 0 Å². The largest absolute Gasteiger partial charge is 0.468 e. The van der Waals surface area contributed by atoms with Crippen LogP contribution in [0.4, 0.5) is 0 Å². The van der Waals surface area contributed by atoms with Gasteiger partial charge in [0.25, 0.3) is 6.47 Å². The number of thiol groups is 1. The maximum Gasteiger partial charge on any atom is 0.293 e. The molecule has 0 spiro atoms. The van der Waals surface area contributed by atoms with Gasteiger partial charge in [0.15, 0.2) is 0 Å². The molecule has 0 aliphatic carbocycles. The lowest BCUT2D eigenvalue weighted by Crippen LogP contribution is -2.12. The van der Waals surface area contributed by atoms with Crippen molar-refractivity contribution in [2.45, 2.75) is 18.6 Å². The summed E-state index contributed by atoms with van der Waals surface area (Å²) < 4.78 is 4.37. The van der Waals surface area contributed by atoms with Gasteiger partial charge in [0.1, 0.15) is 5.78 Å². The molecule has 0 bridgehead atoms. The lowest BCUT2D eigenvalue weighted by atomic mass is 10.2. The molecule has 3 nitrogen and oxygen atoms in total. The SMILES string of the molecule is CC(=O)[C@@H](S)CCOC=O. The van der Waals surface area contributed by atoms with Crippen LogP contribution in [0.15, 0.2) is 0 Å². The van der Waals surface area contributed by atoms with Gasteiger partial charge in [-0.1, -0.05) is 0 Å². The van der Waals surface area contributed by atoms with Gasteiger partial charge < -0.3 is 4.74 Å². The molecule has 4 heteroatoms. The van der Waals surface area contributed by atoms with E-state index in [1.807, 2.05) is 0 Å². The Hall–Kier alpha value is -0.510. The molecule has 1 atom stereocenters. The van der Waals surface area contributed by atoms with Gasteiger partial charge >= 0.3 is 0 Å². The van der Waals surface area contributed by atoms with Gasteiger partial charge in [-0.3, -0.25) is 9.59 Å². The number of ether oxygens (including phenoxy) is 1. The first-order chi connectivity index (χ1) is 4.68. The van der Waals surface area contributed by atoms with Crippen molar-refractivity contribution in [3.63, 3.8) is 0 Å². The van der Waals surface area contributed by atoms with E-state index in [1.165, 1.54) is 6.92 Å². The van der Waals surface area contributed by atoms with Crippen LogP contribution in [0.3, 0.4) is 0 Å². The lowest BCUT2D eigenvalue weighted by molar-refractivity contribution is -0.129. The minimum Gasteiger partial charge on any atom is -0.468 e. The lowest BCUT2D eigenvalue weighted by Gasteiger charge is -2.03. The van der Waals surface area contributed by atoms with Crippen LogP contribution in [-0.4, -0.2) is 24.1 Å². The summed E-state index contributed by atoms with van der Waals surface area (Å²) in [5.74, 6) is -0.00201. The first-order valence-corrected chi connectivity index (χ1v) is 3.44. The summed E-state index contributed by atoms with van der Waals surface area (Å²) in [5.41, 5.74) is 0. The molecule has 0 saturated carbocycles. The van der Waals surface area contributed by atoms with E-state index in [2.05, 4.69) is 17.4 Å². The highest BCUT2D eigenvalue weighted by atomic mass is 32.1. The third kappa shape index (κ3) is 4.38. The van der Waals surface area contributed by atoms with E-state index in [1.54, 1.807) is 0 Å². The first kappa shape index (κ1) is 9.49. The molecule has 0 unspecified atom stereocenters. The van der Waals surface area contributed by atoms with Crippen LogP contribution in [0.25, 0.3) is 0 Å². The summed E-state index contributed by atoms with van der Waals surface area (Å²) >= 11 is 3.95. The molecule has 0 fully saturated rings. The Kier molecular flexibility index (Phi) is 5.02. The standard InChI is InChI=1S/C6H10O3S/c1-5(8)6(10)2-3-9-4-7/h4,6,10H,2-3H2,1H3/t6-/m0/s1. The van der Waals surface area contributed by atoms with E-state index < -0.39 is 0 Å². The second kappa shape index (κ2) is 5.29. The van der Waals surface area contributed by atoms with E-state index in [4.69, 9.17) is 0 Å². The molecule has 0 rings (SSSR count). The minimum absolute atomic E-state index is 0.00201. The summed E-state index contributed by atoms with van der Waals surface area (Å²) in [6.07, 6.45) is 0.483. The van der Waals surface area contributed by atoms with Gasteiger partial charge in [0, 0.05) is 6.42 Å².